The number of halogens is 3. The lowest BCUT2D eigenvalue weighted by Gasteiger charge is -2.13. The quantitative estimate of drug-likeness (QED) is 0.691. The first-order valence-corrected chi connectivity index (χ1v) is 6.83. The Morgan fingerprint density at radius 3 is 2.20 bits per heavy atom. The van der Waals surface area contributed by atoms with Gasteiger partial charge in [0.1, 0.15) is 5.75 Å². The highest BCUT2D eigenvalue weighted by molar-refractivity contribution is 9.11. The average Bonchev–Trinajstić information content (AvgIpc) is 2.15. The van der Waals surface area contributed by atoms with E-state index in [0.717, 1.165) is 20.3 Å². The van der Waals surface area contributed by atoms with Gasteiger partial charge in [0.25, 0.3) is 0 Å². The van der Waals surface area contributed by atoms with Gasteiger partial charge in [-0.2, -0.15) is 0 Å². The summed E-state index contributed by atoms with van der Waals surface area (Å²) in [5.41, 5.74) is 1.06. The number of hydrogen-bond acceptors (Lipinski definition) is 1. The molecule has 0 unspecified atom stereocenters. The summed E-state index contributed by atoms with van der Waals surface area (Å²) in [5.74, 6) is 1.86. The minimum Gasteiger partial charge on any atom is -0.491 e. The third kappa shape index (κ3) is 3.97. The third-order valence-corrected chi connectivity index (χ3v) is 3.26. The summed E-state index contributed by atoms with van der Waals surface area (Å²) >= 11 is 12.7. The van der Waals surface area contributed by atoms with Crippen LogP contribution in [-0.2, 0) is 5.88 Å². The summed E-state index contributed by atoms with van der Waals surface area (Å²) in [6.07, 6.45) is 0. The molecule has 0 saturated carbocycles. The molecule has 0 amide bonds. The molecule has 1 nitrogen and oxygen atoms in total. The Bertz CT molecular complexity index is 316. The van der Waals surface area contributed by atoms with Gasteiger partial charge in [0, 0.05) is 5.88 Å². The Kier molecular flexibility index (Phi) is 5.44. The van der Waals surface area contributed by atoms with Crippen LogP contribution in [0.1, 0.15) is 19.4 Å². The molecule has 0 aliphatic rings. The Balaban J connectivity index is 2.88. The maximum absolute atomic E-state index is 5.77. The SMILES string of the molecule is CC(C)COc1c(Br)cc(CCl)cc1Br. The van der Waals surface area contributed by atoms with Gasteiger partial charge in [-0.05, 0) is 55.5 Å². The number of hydrogen-bond donors (Lipinski definition) is 0. The maximum Gasteiger partial charge on any atom is 0.147 e. The topological polar surface area (TPSA) is 9.23 Å². The average molecular weight is 356 g/mol. The van der Waals surface area contributed by atoms with Crippen molar-refractivity contribution in [1.82, 2.24) is 0 Å². The zero-order valence-corrected chi connectivity index (χ0v) is 12.6. The van der Waals surface area contributed by atoms with E-state index in [0.29, 0.717) is 18.4 Å². The molecule has 0 bridgehead atoms. The zero-order valence-electron chi connectivity index (χ0n) is 8.69. The lowest BCUT2D eigenvalue weighted by Crippen LogP contribution is -2.05. The molecule has 84 valence electrons. The predicted octanol–water partition coefficient (Wildman–Crippen LogP) is 4.99. The van der Waals surface area contributed by atoms with Crippen molar-refractivity contribution in [3.05, 3.63) is 26.6 Å². The molecule has 0 N–H and O–H groups in total. The van der Waals surface area contributed by atoms with Gasteiger partial charge >= 0.3 is 0 Å². The highest BCUT2D eigenvalue weighted by atomic mass is 79.9. The fourth-order valence-corrected chi connectivity index (χ4v) is 2.74. The first kappa shape index (κ1) is 13.3. The van der Waals surface area contributed by atoms with Crippen molar-refractivity contribution in [2.45, 2.75) is 19.7 Å². The van der Waals surface area contributed by atoms with Gasteiger partial charge in [-0.25, -0.2) is 0 Å². The van der Waals surface area contributed by atoms with Crippen molar-refractivity contribution < 1.29 is 4.74 Å². The van der Waals surface area contributed by atoms with Gasteiger partial charge in [-0.1, -0.05) is 13.8 Å². The van der Waals surface area contributed by atoms with Gasteiger partial charge in [-0.3, -0.25) is 0 Å². The van der Waals surface area contributed by atoms with Gasteiger partial charge in [0.15, 0.2) is 0 Å². The fraction of sp³-hybridized carbons (Fsp3) is 0.455. The number of alkyl halides is 1. The molecule has 1 aromatic rings. The van der Waals surface area contributed by atoms with Crippen LogP contribution in [0.2, 0.25) is 0 Å². The summed E-state index contributed by atoms with van der Waals surface area (Å²) in [7, 11) is 0. The van der Waals surface area contributed by atoms with Gasteiger partial charge in [0.2, 0.25) is 0 Å². The molecule has 0 atom stereocenters. The predicted molar refractivity (Wildman–Crippen MR) is 71.7 cm³/mol. The minimum absolute atomic E-state index is 0.502. The van der Waals surface area contributed by atoms with E-state index in [2.05, 4.69) is 45.7 Å². The second kappa shape index (κ2) is 6.12. The second-order valence-electron chi connectivity index (χ2n) is 3.73. The maximum atomic E-state index is 5.77. The highest BCUT2D eigenvalue weighted by Crippen LogP contribution is 2.35. The number of rotatable bonds is 4. The monoisotopic (exact) mass is 354 g/mol. The van der Waals surface area contributed by atoms with Gasteiger partial charge in [-0.15, -0.1) is 11.6 Å². The van der Waals surface area contributed by atoms with E-state index < -0.39 is 0 Å². The molecule has 0 radical (unpaired) electrons. The first-order chi connectivity index (χ1) is 7.04. The molecule has 0 aromatic heterocycles. The van der Waals surface area contributed by atoms with E-state index in [-0.39, 0.29) is 0 Å². The molecule has 1 aromatic carbocycles. The van der Waals surface area contributed by atoms with Crippen LogP contribution in [0.3, 0.4) is 0 Å². The molecule has 1 rings (SSSR count). The first-order valence-electron chi connectivity index (χ1n) is 4.71. The largest absolute Gasteiger partial charge is 0.491 e. The van der Waals surface area contributed by atoms with Crippen LogP contribution < -0.4 is 4.74 Å². The van der Waals surface area contributed by atoms with Crippen LogP contribution in [0.4, 0.5) is 0 Å². The lowest BCUT2D eigenvalue weighted by molar-refractivity contribution is 0.268. The summed E-state index contributed by atoms with van der Waals surface area (Å²) in [6, 6.07) is 3.96. The van der Waals surface area contributed by atoms with Crippen molar-refractivity contribution >= 4 is 43.5 Å². The molecule has 0 spiro atoms. The van der Waals surface area contributed by atoms with Crippen molar-refractivity contribution in [2.75, 3.05) is 6.61 Å². The van der Waals surface area contributed by atoms with Crippen molar-refractivity contribution in [3.8, 4) is 5.75 Å². The van der Waals surface area contributed by atoms with Gasteiger partial charge < -0.3 is 4.74 Å². The summed E-state index contributed by atoms with van der Waals surface area (Å²) in [6.45, 7) is 4.95. The minimum atomic E-state index is 0.502. The van der Waals surface area contributed by atoms with Crippen molar-refractivity contribution in [2.24, 2.45) is 5.92 Å². The van der Waals surface area contributed by atoms with E-state index in [9.17, 15) is 0 Å². The van der Waals surface area contributed by atoms with E-state index in [1.165, 1.54) is 0 Å². The summed E-state index contributed by atoms with van der Waals surface area (Å²) in [4.78, 5) is 0. The van der Waals surface area contributed by atoms with E-state index >= 15 is 0 Å². The molecule has 0 aliphatic carbocycles. The molecular weight excluding hydrogens is 343 g/mol. The Morgan fingerprint density at radius 1 is 1.27 bits per heavy atom. The second-order valence-corrected chi connectivity index (χ2v) is 5.70. The molecule has 0 aliphatic heterocycles. The zero-order chi connectivity index (χ0) is 11.4. The Morgan fingerprint density at radius 2 is 1.80 bits per heavy atom. The lowest BCUT2D eigenvalue weighted by atomic mass is 10.2. The van der Waals surface area contributed by atoms with Gasteiger partial charge in [0.05, 0.1) is 15.6 Å². The van der Waals surface area contributed by atoms with Crippen LogP contribution in [0.5, 0.6) is 5.75 Å². The van der Waals surface area contributed by atoms with Crippen LogP contribution in [0, 0.1) is 5.92 Å². The molecule has 0 saturated heterocycles. The van der Waals surface area contributed by atoms with Crippen LogP contribution in [0.15, 0.2) is 21.1 Å². The summed E-state index contributed by atoms with van der Waals surface area (Å²) in [5, 5.41) is 0. The van der Waals surface area contributed by atoms with Crippen LogP contribution in [-0.4, -0.2) is 6.61 Å². The number of ether oxygens (including phenoxy) is 1. The van der Waals surface area contributed by atoms with Crippen molar-refractivity contribution in [1.29, 1.82) is 0 Å². The molecule has 0 heterocycles. The fourth-order valence-electron chi connectivity index (χ4n) is 1.08. The molecule has 15 heavy (non-hydrogen) atoms. The van der Waals surface area contributed by atoms with E-state index in [1.807, 2.05) is 12.1 Å². The van der Waals surface area contributed by atoms with E-state index in [1.54, 1.807) is 0 Å². The molecule has 4 heteroatoms. The molecular formula is C11H13Br2ClO. The smallest absolute Gasteiger partial charge is 0.147 e. The van der Waals surface area contributed by atoms with E-state index in [4.69, 9.17) is 16.3 Å². The Hall–Kier alpha value is 0.270. The molecule has 0 fully saturated rings. The van der Waals surface area contributed by atoms with Crippen LogP contribution in [0.25, 0.3) is 0 Å². The Labute approximate surface area is 112 Å². The normalized spacial score (nSPS) is 10.8. The summed E-state index contributed by atoms with van der Waals surface area (Å²) < 4.78 is 7.57. The standard InChI is InChI=1S/C11H13Br2ClO/c1-7(2)6-15-11-9(12)3-8(5-14)4-10(11)13/h3-4,7H,5-6H2,1-2H3. The third-order valence-electron chi connectivity index (χ3n) is 1.77. The van der Waals surface area contributed by atoms with Crippen molar-refractivity contribution in [3.63, 3.8) is 0 Å². The number of benzene rings is 1. The van der Waals surface area contributed by atoms with Crippen LogP contribution >= 0.6 is 43.5 Å². The highest BCUT2D eigenvalue weighted by Gasteiger charge is 2.09.